The van der Waals surface area contributed by atoms with Gasteiger partial charge in [0.1, 0.15) is 5.75 Å². The number of hydrogen-bond acceptors (Lipinski definition) is 3. The van der Waals surface area contributed by atoms with Crippen molar-refractivity contribution in [3.63, 3.8) is 0 Å². The van der Waals surface area contributed by atoms with E-state index in [1.807, 2.05) is 12.1 Å². The zero-order chi connectivity index (χ0) is 16.9. The lowest BCUT2D eigenvalue weighted by molar-refractivity contribution is 0.0932. The first-order valence-electron chi connectivity index (χ1n) is 8.40. The van der Waals surface area contributed by atoms with E-state index in [0.29, 0.717) is 23.9 Å². The number of nitrogens with zero attached hydrogens (tertiary/aromatic N) is 1. The van der Waals surface area contributed by atoms with Crippen LogP contribution in [0.3, 0.4) is 0 Å². The topological polar surface area (TPSA) is 41.6 Å². The molecule has 1 amide bonds. The Labute approximate surface area is 143 Å². The number of fused-ring (bicyclic) bond motifs is 1. The van der Waals surface area contributed by atoms with Gasteiger partial charge in [-0.1, -0.05) is 30.3 Å². The maximum atomic E-state index is 12.3. The van der Waals surface area contributed by atoms with Gasteiger partial charge in [-0.05, 0) is 42.7 Å². The average Bonchev–Trinajstić information content (AvgIpc) is 2.65. The van der Waals surface area contributed by atoms with Crippen molar-refractivity contribution >= 4 is 5.91 Å². The highest BCUT2D eigenvalue weighted by Crippen LogP contribution is 2.20. The molecule has 0 saturated heterocycles. The van der Waals surface area contributed by atoms with E-state index in [4.69, 9.17) is 4.74 Å². The summed E-state index contributed by atoms with van der Waals surface area (Å²) in [5.41, 5.74) is 3.47. The van der Waals surface area contributed by atoms with E-state index in [1.54, 1.807) is 19.2 Å². The highest BCUT2D eigenvalue weighted by molar-refractivity contribution is 5.94. The van der Waals surface area contributed by atoms with Gasteiger partial charge in [0.25, 0.3) is 5.91 Å². The average molecular weight is 324 g/mol. The summed E-state index contributed by atoms with van der Waals surface area (Å²) in [7, 11) is 1.60. The quantitative estimate of drug-likeness (QED) is 0.919. The van der Waals surface area contributed by atoms with Gasteiger partial charge in [0, 0.05) is 31.2 Å². The van der Waals surface area contributed by atoms with Gasteiger partial charge in [0.15, 0.2) is 0 Å². The van der Waals surface area contributed by atoms with Crippen molar-refractivity contribution in [2.45, 2.75) is 25.9 Å². The molecule has 2 aromatic carbocycles. The fourth-order valence-electron chi connectivity index (χ4n) is 3.13. The summed E-state index contributed by atoms with van der Waals surface area (Å²) in [4.78, 5) is 14.7. The predicted molar refractivity (Wildman–Crippen MR) is 95.3 cm³/mol. The van der Waals surface area contributed by atoms with E-state index in [2.05, 4.69) is 41.4 Å². The molecule has 3 rings (SSSR count). The minimum absolute atomic E-state index is 0.0573. The number of nitrogens with one attached hydrogen (secondary N) is 1. The SMILES string of the molecule is COc1cccc(C(=O)NCC(C)N2CCc3ccccc3C2)c1. The predicted octanol–water partition coefficient (Wildman–Crippen LogP) is 2.87. The third-order valence-corrected chi connectivity index (χ3v) is 4.67. The van der Waals surface area contributed by atoms with Crippen molar-refractivity contribution in [1.82, 2.24) is 10.2 Å². The molecule has 0 spiro atoms. The second-order valence-corrected chi connectivity index (χ2v) is 6.28. The highest BCUT2D eigenvalue weighted by Gasteiger charge is 2.20. The van der Waals surface area contributed by atoms with Gasteiger partial charge in [-0.15, -0.1) is 0 Å². The van der Waals surface area contributed by atoms with E-state index in [1.165, 1.54) is 11.1 Å². The van der Waals surface area contributed by atoms with Crippen LogP contribution in [0.25, 0.3) is 0 Å². The van der Waals surface area contributed by atoms with Crippen LogP contribution < -0.4 is 10.1 Å². The van der Waals surface area contributed by atoms with Crippen molar-refractivity contribution < 1.29 is 9.53 Å². The fourth-order valence-corrected chi connectivity index (χ4v) is 3.13. The third-order valence-electron chi connectivity index (χ3n) is 4.67. The number of methoxy groups -OCH3 is 1. The van der Waals surface area contributed by atoms with Crippen LogP contribution in [0.5, 0.6) is 5.75 Å². The van der Waals surface area contributed by atoms with Crippen molar-refractivity contribution in [1.29, 1.82) is 0 Å². The molecule has 126 valence electrons. The van der Waals surface area contributed by atoms with Gasteiger partial charge in [0.05, 0.1) is 7.11 Å². The summed E-state index contributed by atoms with van der Waals surface area (Å²) in [6, 6.07) is 16.1. The Kier molecular flexibility index (Phi) is 5.16. The molecule has 4 heteroatoms. The molecule has 1 aliphatic heterocycles. The molecule has 1 unspecified atom stereocenters. The zero-order valence-corrected chi connectivity index (χ0v) is 14.3. The van der Waals surface area contributed by atoms with E-state index in [0.717, 1.165) is 19.5 Å². The molecule has 4 nitrogen and oxygen atoms in total. The summed E-state index contributed by atoms with van der Waals surface area (Å²) >= 11 is 0. The Morgan fingerprint density at radius 2 is 2.00 bits per heavy atom. The van der Waals surface area contributed by atoms with Gasteiger partial charge < -0.3 is 10.1 Å². The molecule has 1 atom stereocenters. The Morgan fingerprint density at radius 3 is 2.79 bits per heavy atom. The van der Waals surface area contributed by atoms with E-state index >= 15 is 0 Å². The van der Waals surface area contributed by atoms with Crippen molar-refractivity contribution in [2.75, 3.05) is 20.2 Å². The summed E-state index contributed by atoms with van der Waals surface area (Å²) < 4.78 is 5.17. The lowest BCUT2D eigenvalue weighted by Crippen LogP contribution is -2.44. The number of carbonyl (C=O) groups excluding carboxylic acids is 1. The van der Waals surface area contributed by atoms with E-state index in [9.17, 15) is 4.79 Å². The lowest BCUT2D eigenvalue weighted by atomic mass is 9.99. The van der Waals surface area contributed by atoms with Crippen LogP contribution in [0, 0.1) is 0 Å². The molecular weight excluding hydrogens is 300 g/mol. The summed E-state index contributed by atoms with van der Waals surface area (Å²) in [6.07, 6.45) is 1.07. The monoisotopic (exact) mass is 324 g/mol. The smallest absolute Gasteiger partial charge is 0.251 e. The van der Waals surface area contributed by atoms with Crippen molar-refractivity contribution in [2.24, 2.45) is 0 Å². The third kappa shape index (κ3) is 3.77. The van der Waals surface area contributed by atoms with Gasteiger partial charge in [-0.3, -0.25) is 9.69 Å². The van der Waals surface area contributed by atoms with Gasteiger partial charge >= 0.3 is 0 Å². The van der Waals surface area contributed by atoms with Crippen molar-refractivity contribution in [3.8, 4) is 5.75 Å². The minimum atomic E-state index is -0.0573. The Morgan fingerprint density at radius 1 is 1.21 bits per heavy atom. The Balaban J connectivity index is 1.56. The molecule has 24 heavy (non-hydrogen) atoms. The van der Waals surface area contributed by atoms with Crippen LogP contribution in [-0.4, -0.2) is 37.0 Å². The zero-order valence-electron chi connectivity index (χ0n) is 14.3. The number of rotatable bonds is 5. The van der Waals surface area contributed by atoms with E-state index < -0.39 is 0 Å². The van der Waals surface area contributed by atoms with Crippen LogP contribution in [0.4, 0.5) is 0 Å². The molecule has 1 heterocycles. The van der Waals surface area contributed by atoms with E-state index in [-0.39, 0.29) is 5.91 Å². The number of amides is 1. The largest absolute Gasteiger partial charge is 0.497 e. The number of hydrogen-bond donors (Lipinski definition) is 1. The maximum Gasteiger partial charge on any atom is 0.251 e. The molecule has 1 N–H and O–H groups in total. The standard InChI is InChI=1S/C20H24N2O2/c1-15(22-11-10-16-6-3-4-7-18(16)14-22)13-21-20(23)17-8-5-9-19(12-17)24-2/h3-9,12,15H,10-11,13-14H2,1-2H3,(H,21,23). The molecule has 0 bridgehead atoms. The number of ether oxygens (including phenoxy) is 1. The summed E-state index contributed by atoms with van der Waals surface area (Å²) in [5, 5.41) is 3.04. The maximum absolute atomic E-state index is 12.3. The van der Waals surface area contributed by atoms with Crippen LogP contribution in [-0.2, 0) is 13.0 Å². The highest BCUT2D eigenvalue weighted by atomic mass is 16.5. The van der Waals surface area contributed by atoms with Crippen LogP contribution in [0.1, 0.15) is 28.4 Å². The molecule has 1 aliphatic rings. The summed E-state index contributed by atoms with van der Waals surface area (Å²) in [6.45, 7) is 4.79. The molecule has 0 saturated carbocycles. The van der Waals surface area contributed by atoms with Crippen LogP contribution >= 0.6 is 0 Å². The van der Waals surface area contributed by atoms with Crippen molar-refractivity contribution in [3.05, 3.63) is 65.2 Å². The van der Waals surface area contributed by atoms with Gasteiger partial charge in [0.2, 0.25) is 0 Å². The molecule has 0 aromatic heterocycles. The first kappa shape index (κ1) is 16.5. The number of benzene rings is 2. The lowest BCUT2D eigenvalue weighted by Gasteiger charge is -2.33. The van der Waals surface area contributed by atoms with Gasteiger partial charge in [-0.2, -0.15) is 0 Å². The second-order valence-electron chi connectivity index (χ2n) is 6.28. The second kappa shape index (κ2) is 7.49. The molecule has 0 radical (unpaired) electrons. The number of carbonyl (C=O) groups is 1. The molecule has 0 aliphatic carbocycles. The first-order chi connectivity index (χ1) is 11.7. The molecular formula is C20H24N2O2. The minimum Gasteiger partial charge on any atom is -0.497 e. The van der Waals surface area contributed by atoms with Crippen LogP contribution in [0.15, 0.2) is 48.5 Å². The van der Waals surface area contributed by atoms with Crippen LogP contribution in [0.2, 0.25) is 0 Å². The summed E-state index contributed by atoms with van der Waals surface area (Å²) in [5.74, 6) is 0.640. The van der Waals surface area contributed by atoms with Gasteiger partial charge in [-0.25, -0.2) is 0 Å². The molecule has 0 fully saturated rings. The Bertz CT molecular complexity index is 714. The molecule has 2 aromatic rings. The fraction of sp³-hybridized carbons (Fsp3) is 0.350. The first-order valence-corrected chi connectivity index (χ1v) is 8.40. The normalized spacial score (nSPS) is 15.4. The Hall–Kier alpha value is -2.33.